The van der Waals surface area contributed by atoms with Gasteiger partial charge in [-0.1, -0.05) is 40.3 Å². The van der Waals surface area contributed by atoms with Crippen LogP contribution in [0.4, 0.5) is 0 Å². The number of aryl methyl sites for hydroxylation is 1. The predicted molar refractivity (Wildman–Crippen MR) is 80.6 cm³/mol. The number of thiol groups is 1. The molecule has 1 amide bonds. The number of benzene rings is 2. The summed E-state index contributed by atoms with van der Waals surface area (Å²) in [5.41, 5.74) is 1.55. The van der Waals surface area contributed by atoms with Crippen LogP contribution in [0.25, 0.3) is 0 Å². The molecule has 0 radical (unpaired) electrons. The molecule has 0 saturated heterocycles. The molecule has 0 saturated carbocycles. The van der Waals surface area contributed by atoms with Gasteiger partial charge in [0.1, 0.15) is 0 Å². The third-order valence-electron chi connectivity index (χ3n) is 2.21. The number of nitrogens with zero attached hydrogens (tertiary/aromatic N) is 1. The van der Waals surface area contributed by atoms with E-state index in [1.807, 2.05) is 18.2 Å². The highest BCUT2D eigenvalue weighted by molar-refractivity contribution is 7.80. The molecule has 0 aliphatic carbocycles. The van der Waals surface area contributed by atoms with Crippen molar-refractivity contribution >= 4 is 29.0 Å². The summed E-state index contributed by atoms with van der Waals surface area (Å²) >= 11 is 4.01. The lowest BCUT2D eigenvalue weighted by Crippen LogP contribution is -1.92. The van der Waals surface area contributed by atoms with Gasteiger partial charge < -0.3 is 0 Å². The topological polar surface area (TPSA) is 63.6 Å². The Morgan fingerprint density at radius 1 is 1.00 bits per heavy atom. The minimum absolute atomic E-state index is 0.224. The molecule has 20 heavy (non-hydrogen) atoms. The molecule has 0 atom stereocenters. The molecule has 104 valence electrons. The smallest absolute Gasteiger partial charge is 0.266 e. The fraction of sp³-hybridized carbons (Fsp3) is 0.0714. The van der Waals surface area contributed by atoms with Crippen LogP contribution in [0.2, 0.25) is 0 Å². The Balaban J connectivity index is 0.000000240. The van der Waals surface area contributed by atoms with Gasteiger partial charge in [0, 0.05) is 10.5 Å². The summed E-state index contributed by atoms with van der Waals surface area (Å²) in [6.45, 7) is 2.08. The summed E-state index contributed by atoms with van der Waals surface area (Å²) in [5, 5.41) is 0. The summed E-state index contributed by atoms with van der Waals surface area (Å²) in [7, 11) is -2.70. The summed E-state index contributed by atoms with van der Waals surface area (Å²) in [6, 6.07) is 16.3. The van der Waals surface area contributed by atoms with E-state index in [4.69, 9.17) is 0 Å². The van der Waals surface area contributed by atoms with Crippen molar-refractivity contribution in [2.24, 2.45) is 4.36 Å². The predicted octanol–water partition coefficient (Wildman–Crippen LogP) is 3.17. The first kappa shape index (κ1) is 16.1. The standard InChI is InChI=1S/C7H5NO3S2.C7H8/c9-7(8-13(10)11)5-1-3-6(12)4-2-5;1-7-5-3-2-4-6-7/h1-4,12H;2-6H,1H3. The minimum atomic E-state index is -2.70. The van der Waals surface area contributed by atoms with Crippen molar-refractivity contribution in [1.29, 1.82) is 0 Å². The Morgan fingerprint density at radius 3 is 1.95 bits per heavy atom. The molecule has 0 heterocycles. The van der Waals surface area contributed by atoms with Crippen LogP contribution in [0.1, 0.15) is 15.9 Å². The van der Waals surface area contributed by atoms with Gasteiger partial charge in [0.25, 0.3) is 5.91 Å². The molecule has 4 nitrogen and oxygen atoms in total. The van der Waals surface area contributed by atoms with E-state index < -0.39 is 16.4 Å². The number of carbonyl (C=O) groups is 1. The van der Waals surface area contributed by atoms with Crippen LogP contribution in [0.15, 0.2) is 63.9 Å². The van der Waals surface area contributed by atoms with Gasteiger partial charge in [0.05, 0.1) is 0 Å². The third kappa shape index (κ3) is 6.31. The lowest BCUT2D eigenvalue weighted by Gasteiger charge is -1.92. The van der Waals surface area contributed by atoms with Gasteiger partial charge in [-0.15, -0.1) is 12.6 Å². The molecule has 0 bridgehead atoms. The second-order valence-electron chi connectivity index (χ2n) is 3.82. The number of hydrogen-bond donors (Lipinski definition) is 1. The van der Waals surface area contributed by atoms with Crippen LogP contribution in [0.3, 0.4) is 0 Å². The van der Waals surface area contributed by atoms with Crippen LogP contribution in [-0.2, 0) is 10.5 Å². The molecular weight excluding hydrogens is 294 g/mol. The number of rotatable bonds is 1. The van der Waals surface area contributed by atoms with Crippen LogP contribution in [0, 0.1) is 6.92 Å². The van der Waals surface area contributed by atoms with E-state index in [1.54, 1.807) is 12.1 Å². The second-order valence-corrected chi connectivity index (χ2v) is 4.95. The normalized spacial score (nSPS) is 9.10. The van der Waals surface area contributed by atoms with Crippen molar-refractivity contribution in [2.75, 3.05) is 0 Å². The van der Waals surface area contributed by atoms with Crippen molar-refractivity contribution in [1.82, 2.24) is 0 Å². The molecule has 0 aromatic heterocycles. The van der Waals surface area contributed by atoms with E-state index in [-0.39, 0.29) is 5.56 Å². The van der Waals surface area contributed by atoms with Crippen LogP contribution < -0.4 is 0 Å². The van der Waals surface area contributed by atoms with Gasteiger partial charge in [-0.2, -0.15) is 8.42 Å². The van der Waals surface area contributed by atoms with E-state index in [9.17, 15) is 13.2 Å². The first-order valence-electron chi connectivity index (χ1n) is 5.65. The van der Waals surface area contributed by atoms with E-state index in [0.717, 1.165) is 0 Å². The number of carbonyl (C=O) groups excluding carboxylic acids is 1. The van der Waals surface area contributed by atoms with Gasteiger partial charge in [0.2, 0.25) is 0 Å². The van der Waals surface area contributed by atoms with Gasteiger partial charge in [-0.3, -0.25) is 4.79 Å². The molecule has 6 heteroatoms. The van der Waals surface area contributed by atoms with Crippen LogP contribution in [0.5, 0.6) is 0 Å². The van der Waals surface area contributed by atoms with Crippen molar-refractivity contribution in [3.8, 4) is 0 Å². The first-order valence-corrected chi connectivity index (χ1v) is 7.13. The van der Waals surface area contributed by atoms with Crippen molar-refractivity contribution in [2.45, 2.75) is 11.8 Å². The molecule has 2 rings (SSSR count). The molecule has 0 aliphatic heterocycles. The molecule has 2 aromatic rings. The lowest BCUT2D eigenvalue weighted by atomic mass is 10.2. The molecular formula is C14H13NO3S2. The first-order chi connectivity index (χ1) is 9.49. The fourth-order valence-corrected chi connectivity index (χ4v) is 1.65. The maximum atomic E-state index is 11.0. The highest BCUT2D eigenvalue weighted by atomic mass is 32.2. The third-order valence-corrected chi connectivity index (χ3v) is 2.83. The van der Waals surface area contributed by atoms with E-state index in [0.29, 0.717) is 4.90 Å². The summed E-state index contributed by atoms with van der Waals surface area (Å²) in [5.74, 6) is -0.776. The molecule has 0 unspecified atom stereocenters. The number of hydrogen-bond acceptors (Lipinski definition) is 4. The van der Waals surface area contributed by atoms with Gasteiger partial charge in [0.15, 0.2) is 0 Å². The molecule has 0 N–H and O–H groups in total. The summed E-state index contributed by atoms with van der Waals surface area (Å²) < 4.78 is 22.9. The SMILES string of the molecule is Cc1ccccc1.O=C(N=S(=O)=O)c1ccc(S)cc1. The van der Waals surface area contributed by atoms with Gasteiger partial charge in [-0.05, 0) is 31.2 Å². The van der Waals surface area contributed by atoms with E-state index in [1.165, 1.54) is 17.7 Å². The average molecular weight is 307 g/mol. The van der Waals surface area contributed by atoms with Gasteiger partial charge in [-0.25, -0.2) is 0 Å². The van der Waals surface area contributed by atoms with Crippen LogP contribution >= 0.6 is 12.6 Å². The molecule has 2 aromatic carbocycles. The zero-order valence-electron chi connectivity index (χ0n) is 10.7. The molecule has 0 aliphatic rings. The Bertz CT molecular complexity index is 685. The Hall–Kier alpha value is -1.92. The van der Waals surface area contributed by atoms with E-state index >= 15 is 0 Å². The fourth-order valence-electron chi connectivity index (χ4n) is 1.26. The Kier molecular flexibility index (Phi) is 6.69. The highest BCUT2D eigenvalue weighted by Gasteiger charge is 2.02. The van der Waals surface area contributed by atoms with Crippen molar-refractivity contribution < 1.29 is 13.2 Å². The average Bonchev–Trinajstić information content (AvgIpc) is 2.40. The lowest BCUT2D eigenvalue weighted by molar-refractivity contribution is 0.100. The largest absolute Gasteiger partial charge is 0.319 e. The summed E-state index contributed by atoms with van der Waals surface area (Å²) in [6.07, 6.45) is 0. The Labute approximate surface area is 124 Å². The Morgan fingerprint density at radius 2 is 1.55 bits per heavy atom. The highest BCUT2D eigenvalue weighted by Crippen LogP contribution is 2.08. The van der Waals surface area contributed by atoms with Crippen LogP contribution in [-0.4, -0.2) is 14.3 Å². The quantitative estimate of drug-likeness (QED) is 0.823. The van der Waals surface area contributed by atoms with Gasteiger partial charge >= 0.3 is 10.5 Å². The second kappa shape index (κ2) is 8.29. The zero-order chi connectivity index (χ0) is 15.0. The summed E-state index contributed by atoms with van der Waals surface area (Å²) in [4.78, 5) is 11.7. The minimum Gasteiger partial charge on any atom is -0.266 e. The maximum Gasteiger partial charge on any atom is 0.319 e. The van der Waals surface area contributed by atoms with Crippen molar-refractivity contribution in [3.63, 3.8) is 0 Å². The van der Waals surface area contributed by atoms with Crippen molar-refractivity contribution in [3.05, 3.63) is 65.7 Å². The van der Waals surface area contributed by atoms with E-state index in [2.05, 4.69) is 36.0 Å². The molecule has 0 fully saturated rings. The monoisotopic (exact) mass is 307 g/mol. The molecule has 0 spiro atoms. The number of amides is 1. The zero-order valence-corrected chi connectivity index (χ0v) is 12.4. The maximum absolute atomic E-state index is 11.0.